The van der Waals surface area contributed by atoms with Crippen molar-refractivity contribution in [3.8, 4) is 22.5 Å². The highest BCUT2D eigenvalue weighted by molar-refractivity contribution is 5.97. The molecule has 3 aromatic heterocycles. The Kier molecular flexibility index (Phi) is 8.20. The summed E-state index contributed by atoms with van der Waals surface area (Å²) >= 11 is 0. The molecule has 8 nitrogen and oxygen atoms in total. The number of anilines is 1. The molecule has 8 heteroatoms. The number of hydrogen-bond donors (Lipinski definition) is 2. The van der Waals surface area contributed by atoms with Gasteiger partial charge in [0, 0.05) is 54.5 Å². The van der Waals surface area contributed by atoms with Crippen LogP contribution in [-0.4, -0.2) is 35.2 Å². The molecule has 6 rings (SSSR count). The number of nitrogens with zero attached hydrogens (tertiary/aromatic N) is 6. The molecule has 188 valence electrons. The van der Waals surface area contributed by atoms with E-state index in [9.17, 15) is 0 Å². The van der Waals surface area contributed by atoms with E-state index in [0.29, 0.717) is 12.4 Å². The zero-order chi connectivity index (χ0) is 26.2. The van der Waals surface area contributed by atoms with Gasteiger partial charge in [0.15, 0.2) is 0 Å². The van der Waals surface area contributed by atoms with Crippen LogP contribution in [0.15, 0.2) is 79.3 Å². The number of rotatable bonds is 5. The fourth-order valence-electron chi connectivity index (χ4n) is 4.09. The first-order chi connectivity index (χ1) is 18.2. The lowest BCUT2D eigenvalue weighted by atomic mass is 10.0. The van der Waals surface area contributed by atoms with Crippen LogP contribution in [0, 0.1) is 0 Å². The van der Waals surface area contributed by atoms with E-state index in [0.717, 1.165) is 39.0 Å². The summed E-state index contributed by atoms with van der Waals surface area (Å²) in [6.07, 6.45) is 5.55. The van der Waals surface area contributed by atoms with Crippen molar-refractivity contribution in [3.05, 3.63) is 84.8 Å². The Labute approximate surface area is 216 Å². The molecular weight excluding hydrogens is 460 g/mol. The molecular formula is C29H32N8. The van der Waals surface area contributed by atoms with Gasteiger partial charge in [0.1, 0.15) is 0 Å². The van der Waals surface area contributed by atoms with Crippen LogP contribution in [0.3, 0.4) is 0 Å². The van der Waals surface area contributed by atoms with Gasteiger partial charge in [-0.2, -0.15) is 5.21 Å². The van der Waals surface area contributed by atoms with Gasteiger partial charge in [0.2, 0.25) is 5.82 Å². The zero-order valence-corrected chi connectivity index (χ0v) is 21.9. The third kappa shape index (κ3) is 5.48. The molecule has 0 aliphatic rings. The molecule has 0 saturated heterocycles. The first-order valence-electron chi connectivity index (χ1n) is 12.6. The minimum Gasteiger partial charge on any atom is -0.381 e. The van der Waals surface area contributed by atoms with Crippen LogP contribution in [-0.2, 0) is 13.6 Å². The van der Waals surface area contributed by atoms with Gasteiger partial charge in [-0.1, -0.05) is 64.1 Å². The van der Waals surface area contributed by atoms with Crippen molar-refractivity contribution < 1.29 is 0 Å². The second kappa shape index (κ2) is 11.9. The van der Waals surface area contributed by atoms with Gasteiger partial charge < -0.3 is 9.88 Å². The van der Waals surface area contributed by atoms with Crippen molar-refractivity contribution in [3.63, 3.8) is 0 Å². The third-order valence-electron chi connectivity index (χ3n) is 5.83. The second-order valence-electron chi connectivity index (χ2n) is 7.93. The zero-order valence-electron chi connectivity index (χ0n) is 21.9. The molecule has 0 amide bonds. The molecule has 0 bridgehead atoms. The van der Waals surface area contributed by atoms with E-state index in [-0.39, 0.29) is 0 Å². The third-order valence-corrected chi connectivity index (χ3v) is 5.83. The summed E-state index contributed by atoms with van der Waals surface area (Å²) < 4.78 is 2.13. The summed E-state index contributed by atoms with van der Waals surface area (Å²) in [5.41, 5.74) is 8.16. The van der Waals surface area contributed by atoms with Gasteiger partial charge >= 0.3 is 0 Å². The van der Waals surface area contributed by atoms with Crippen LogP contribution in [0.25, 0.3) is 44.5 Å². The highest BCUT2D eigenvalue weighted by atomic mass is 15.5. The summed E-state index contributed by atoms with van der Waals surface area (Å²) in [4.78, 5) is 9.19. The Balaban J connectivity index is 0.000000765. The molecule has 0 radical (unpaired) electrons. The van der Waals surface area contributed by atoms with E-state index in [1.807, 2.05) is 45.9 Å². The standard InChI is InChI=1S/C25H20N8.2C2H6/c1-33-11-8-17-6-7-19(12-23(17)33)21-13-20(14-22-24(21)27-10-9-26-22)28-15-16-2-4-18(5-3-16)25-29-31-32-30-25;2*1-2/h2-14,28H,15H2,1H3,(H,29,30,31,32);2*1-2H3. The predicted octanol–water partition coefficient (Wildman–Crippen LogP) is 6.63. The van der Waals surface area contributed by atoms with Crippen LogP contribution in [0.1, 0.15) is 33.3 Å². The monoisotopic (exact) mass is 492 g/mol. The number of tetrazole rings is 1. The minimum atomic E-state index is 0.586. The molecule has 3 aromatic carbocycles. The quantitative estimate of drug-likeness (QED) is 0.280. The van der Waals surface area contributed by atoms with Gasteiger partial charge in [-0.25, -0.2) is 0 Å². The van der Waals surface area contributed by atoms with Crippen molar-refractivity contribution in [1.29, 1.82) is 0 Å². The first-order valence-corrected chi connectivity index (χ1v) is 12.6. The molecule has 37 heavy (non-hydrogen) atoms. The number of aryl methyl sites for hydroxylation is 1. The van der Waals surface area contributed by atoms with E-state index >= 15 is 0 Å². The molecule has 0 atom stereocenters. The summed E-state index contributed by atoms with van der Waals surface area (Å²) in [5.74, 6) is 0.586. The lowest BCUT2D eigenvalue weighted by Gasteiger charge is -2.12. The molecule has 0 aliphatic carbocycles. The topological polar surface area (TPSA) is 97.2 Å². The Morgan fingerprint density at radius 3 is 2.35 bits per heavy atom. The molecule has 3 heterocycles. The number of H-pyrrole nitrogens is 1. The number of aromatic nitrogens is 7. The molecule has 6 aromatic rings. The largest absolute Gasteiger partial charge is 0.381 e. The number of fused-ring (bicyclic) bond motifs is 2. The van der Waals surface area contributed by atoms with Crippen LogP contribution < -0.4 is 5.32 Å². The fourth-order valence-corrected chi connectivity index (χ4v) is 4.09. The van der Waals surface area contributed by atoms with Gasteiger partial charge in [-0.15, -0.1) is 10.2 Å². The maximum Gasteiger partial charge on any atom is 0.204 e. The average molecular weight is 493 g/mol. The molecule has 0 saturated carbocycles. The molecule has 0 fully saturated rings. The van der Waals surface area contributed by atoms with Crippen LogP contribution >= 0.6 is 0 Å². The number of nitrogens with one attached hydrogen (secondary N) is 2. The highest BCUT2D eigenvalue weighted by Crippen LogP contribution is 2.32. The van der Waals surface area contributed by atoms with Gasteiger partial charge in [0.25, 0.3) is 0 Å². The van der Waals surface area contributed by atoms with E-state index in [2.05, 4.69) is 96.2 Å². The van der Waals surface area contributed by atoms with Crippen LogP contribution in [0.4, 0.5) is 5.69 Å². The van der Waals surface area contributed by atoms with E-state index < -0.39 is 0 Å². The lowest BCUT2D eigenvalue weighted by Crippen LogP contribution is -2.00. The van der Waals surface area contributed by atoms with E-state index in [1.54, 1.807) is 12.4 Å². The Morgan fingerprint density at radius 1 is 0.838 bits per heavy atom. The summed E-state index contributed by atoms with van der Waals surface area (Å²) in [5, 5.41) is 18.9. The maximum absolute atomic E-state index is 4.62. The Morgan fingerprint density at radius 2 is 1.59 bits per heavy atom. The first kappa shape index (κ1) is 25.5. The Hall–Kier alpha value is -4.59. The Bertz CT molecular complexity index is 1570. The van der Waals surface area contributed by atoms with Gasteiger partial charge in [-0.05, 0) is 46.0 Å². The number of benzene rings is 3. The lowest BCUT2D eigenvalue weighted by molar-refractivity contribution is 0.881. The summed E-state index contributed by atoms with van der Waals surface area (Å²) in [6.45, 7) is 8.68. The predicted molar refractivity (Wildman–Crippen MR) is 151 cm³/mol. The van der Waals surface area contributed by atoms with E-state index in [4.69, 9.17) is 0 Å². The molecule has 0 unspecified atom stereocenters. The van der Waals surface area contributed by atoms with Crippen molar-refractivity contribution in [2.24, 2.45) is 7.05 Å². The number of hydrogen-bond acceptors (Lipinski definition) is 6. The molecule has 0 aliphatic heterocycles. The average Bonchev–Trinajstić information content (AvgIpc) is 3.64. The highest BCUT2D eigenvalue weighted by Gasteiger charge is 2.11. The molecule has 0 spiro atoms. The summed E-state index contributed by atoms with van der Waals surface area (Å²) in [7, 11) is 2.06. The summed E-state index contributed by atoms with van der Waals surface area (Å²) in [6, 6.07) is 20.9. The minimum absolute atomic E-state index is 0.586. The van der Waals surface area contributed by atoms with Crippen LogP contribution in [0.5, 0.6) is 0 Å². The maximum atomic E-state index is 4.62. The number of aromatic amines is 1. The van der Waals surface area contributed by atoms with Crippen molar-refractivity contribution in [2.45, 2.75) is 34.2 Å². The van der Waals surface area contributed by atoms with E-state index in [1.165, 1.54) is 10.9 Å². The second-order valence-corrected chi connectivity index (χ2v) is 7.93. The smallest absolute Gasteiger partial charge is 0.204 e. The normalized spacial score (nSPS) is 10.4. The van der Waals surface area contributed by atoms with Gasteiger partial charge in [-0.3, -0.25) is 9.97 Å². The fraction of sp³-hybridized carbons (Fsp3) is 0.207. The van der Waals surface area contributed by atoms with Crippen molar-refractivity contribution in [2.75, 3.05) is 5.32 Å². The molecule has 2 N–H and O–H groups in total. The van der Waals surface area contributed by atoms with Crippen molar-refractivity contribution in [1.82, 2.24) is 35.2 Å². The van der Waals surface area contributed by atoms with Crippen LogP contribution in [0.2, 0.25) is 0 Å². The SMILES string of the molecule is CC.CC.Cn1ccc2ccc(-c3cc(NCc4ccc(-c5nn[nH]n5)cc4)cc4nccnc34)cc21. The van der Waals surface area contributed by atoms with Crippen molar-refractivity contribution >= 4 is 27.6 Å². The van der Waals surface area contributed by atoms with Gasteiger partial charge in [0.05, 0.1) is 11.0 Å².